The van der Waals surface area contributed by atoms with Gasteiger partial charge in [-0.3, -0.25) is 0 Å². The molecule has 1 aliphatic rings. The van der Waals surface area contributed by atoms with Crippen LogP contribution < -0.4 is 5.73 Å². The Morgan fingerprint density at radius 3 is 3.00 bits per heavy atom. The van der Waals surface area contributed by atoms with E-state index < -0.39 is 0 Å². The van der Waals surface area contributed by atoms with Gasteiger partial charge in [0.25, 0.3) is 0 Å². The van der Waals surface area contributed by atoms with Crippen LogP contribution in [0.3, 0.4) is 0 Å². The fourth-order valence-corrected chi connectivity index (χ4v) is 2.31. The SMILES string of the molecule is CC1CC1Cn1nnnc1-c1cc(N)ccc1Cl. The number of tetrazole rings is 1. The van der Waals surface area contributed by atoms with Crippen LogP contribution in [-0.4, -0.2) is 20.2 Å². The number of rotatable bonds is 3. The van der Waals surface area contributed by atoms with Crippen molar-refractivity contribution in [2.45, 2.75) is 19.9 Å². The van der Waals surface area contributed by atoms with Gasteiger partial charge < -0.3 is 5.73 Å². The average molecular weight is 264 g/mol. The van der Waals surface area contributed by atoms with Gasteiger partial charge in [-0.1, -0.05) is 18.5 Å². The number of nitrogens with zero attached hydrogens (tertiary/aromatic N) is 4. The van der Waals surface area contributed by atoms with E-state index in [1.54, 1.807) is 18.2 Å². The van der Waals surface area contributed by atoms with Gasteiger partial charge >= 0.3 is 0 Å². The number of hydrogen-bond acceptors (Lipinski definition) is 4. The van der Waals surface area contributed by atoms with Gasteiger partial charge in [0.15, 0.2) is 5.82 Å². The van der Waals surface area contributed by atoms with Crippen molar-refractivity contribution in [1.82, 2.24) is 20.2 Å². The lowest BCUT2D eigenvalue weighted by molar-refractivity contribution is 0.528. The largest absolute Gasteiger partial charge is 0.399 e. The second-order valence-electron chi connectivity index (χ2n) is 4.90. The molecule has 2 atom stereocenters. The van der Waals surface area contributed by atoms with Crippen molar-refractivity contribution in [2.24, 2.45) is 11.8 Å². The number of aromatic nitrogens is 4. The molecule has 18 heavy (non-hydrogen) atoms. The zero-order valence-corrected chi connectivity index (χ0v) is 10.8. The Kier molecular flexibility index (Phi) is 2.70. The zero-order valence-electron chi connectivity index (χ0n) is 10.0. The molecule has 1 heterocycles. The molecule has 0 spiro atoms. The minimum Gasteiger partial charge on any atom is -0.399 e. The summed E-state index contributed by atoms with van der Waals surface area (Å²) < 4.78 is 1.81. The summed E-state index contributed by atoms with van der Waals surface area (Å²) in [7, 11) is 0. The highest BCUT2D eigenvalue weighted by atomic mass is 35.5. The highest BCUT2D eigenvalue weighted by Crippen LogP contribution is 2.39. The highest BCUT2D eigenvalue weighted by Gasteiger charge is 2.33. The molecule has 0 bridgehead atoms. The van der Waals surface area contributed by atoms with Gasteiger partial charge in [0.2, 0.25) is 0 Å². The van der Waals surface area contributed by atoms with Gasteiger partial charge in [0.1, 0.15) is 0 Å². The summed E-state index contributed by atoms with van der Waals surface area (Å²) in [6, 6.07) is 5.34. The Bertz CT molecular complexity index is 580. The van der Waals surface area contributed by atoms with Crippen LogP contribution in [0.5, 0.6) is 0 Å². The molecule has 1 saturated carbocycles. The summed E-state index contributed by atoms with van der Waals surface area (Å²) in [5.41, 5.74) is 7.23. The molecule has 5 nitrogen and oxygen atoms in total. The van der Waals surface area contributed by atoms with Crippen LogP contribution >= 0.6 is 11.6 Å². The maximum absolute atomic E-state index is 6.18. The van der Waals surface area contributed by atoms with Gasteiger partial charge in [0, 0.05) is 17.8 Å². The normalized spacial score (nSPS) is 22.1. The van der Waals surface area contributed by atoms with E-state index >= 15 is 0 Å². The third-order valence-corrected chi connectivity index (χ3v) is 3.78. The number of benzene rings is 1. The van der Waals surface area contributed by atoms with E-state index in [2.05, 4.69) is 22.4 Å². The van der Waals surface area contributed by atoms with Crippen LogP contribution in [0.15, 0.2) is 18.2 Å². The topological polar surface area (TPSA) is 69.6 Å². The molecule has 0 amide bonds. The standard InChI is InChI=1S/C12H14ClN5/c1-7-4-8(7)6-18-12(15-16-17-18)10-5-9(14)2-3-11(10)13/h2-3,5,7-8H,4,6,14H2,1H3. The predicted molar refractivity (Wildman–Crippen MR) is 69.9 cm³/mol. The van der Waals surface area contributed by atoms with E-state index in [9.17, 15) is 0 Å². The minimum atomic E-state index is 0.615. The first-order valence-corrected chi connectivity index (χ1v) is 6.34. The lowest BCUT2D eigenvalue weighted by atomic mass is 10.2. The maximum Gasteiger partial charge on any atom is 0.183 e. The molecule has 1 aromatic carbocycles. The Hall–Kier alpha value is -1.62. The molecule has 1 aromatic heterocycles. The smallest absolute Gasteiger partial charge is 0.183 e. The quantitative estimate of drug-likeness (QED) is 0.862. The summed E-state index contributed by atoms with van der Waals surface area (Å²) in [5.74, 6) is 2.12. The van der Waals surface area contributed by atoms with E-state index in [0.29, 0.717) is 22.5 Å². The molecule has 2 N–H and O–H groups in total. The molecule has 2 unspecified atom stereocenters. The van der Waals surface area contributed by atoms with Crippen LogP contribution in [0.2, 0.25) is 5.02 Å². The van der Waals surface area contributed by atoms with E-state index in [1.165, 1.54) is 6.42 Å². The molecule has 0 saturated heterocycles. The van der Waals surface area contributed by atoms with Crippen LogP contribution in [0, 0.1) is 11.8 Å². The first-order valence-electron chi connectivity index (χ1n) is 5.96. The van der Waals surface area contributed by atoms with Gasteiger partial charge in [-0.2, -0.15) is 0 Å². The molecule has 94 valence electrons. The first kappa shape index (κ1) is 11.5. The first-order chi connectivity index (χ1) is 8.65. The van der Waals surface area contributed by atoms with Gasteiger partial charge in [-0.15, -0.1) is 5.10 Å². The summed E-state index contributed by atoms with van der Waals surface area (Å²) in [6.07, 6.45) is 1.24. The monoisotopic (exact) mass is 263 g/mol. The molecule has 2 aromatic rings. The molecular formula is C12H14ClN5. The summed E-state index contributed by atoms with van der Waals surface area (Å²) in [6.45, 7) is 3.08. The van der Waals surface area contributed by atoms with E-state index in [0.717, 1.165) is 18.0 Å². The Balaban J connectivity index is 1.96. The van der Waals surface area contributed by atoms with Crippen molar-refractivity contribution in [2.75, 3.05) is 5.73 Å². The van der Waals surface area contributed by atoms with Crippen LogP contribution in [-0.2, 0) is 6.54 Å². The van der Waals surface area contributed by atoms with Crippen molar-refractivity contribution in [3.05, 3.63) is 23.2 Å². The van der Waals surface area contributed by atoms with E-state index in [4.69, 9.17) is 17.3 Å². The Morgan fingerprint density at radius 1 is 1.50 bits per heavy atom. The number of halogens is 1. The average Bonchev–Trinajstić information content (AvgIpc) is 2.86. The van der Waals surface area contributed by atoms with E-state index in [-0.39, 0.29) is 0 Å². The van der Waals surface area contributed by atoms with Gasteiger partial charge in [-0.05, 0) is 46.9 Å². The number of nitrogens with two attached hydrogens (primary N) is 1. The Morgan fingerprint density at radius 2 is 2.28 bits per heavy atom. The number of nitrogen functional groups attached to an aromatic ring is 1. The van der Waals surface area contributed by atoms with Crippen molar-refractivity contribution in [1.29, 1.82) is 0 Å². The van der Waals surface area contributed by atoms with Crippen LogP contribution in [0.25, 0.3) is 11.4 Å². The van der Waals surface area contributed by atoms with Crippen LogP contribution in [0.1, 0.15) is 13.3 Å². The third kappa shape index (κ3) is 2.06. The molecule has 6 heteroatoms. The zero-order chi connectivity index (χ0) is 12.7. The predicted octanol–water partition coefficient (Wildman–Crippen LogP) is 2.23. The minimum absolute atomic E-state index is 0.615. The molecule has 0 radical (unpaired) electrons. The van der Waals surface area contributed by atoms with Gasteiger partial charge in [-0.25, -0.2) is 4.68 Å². The fraction of sp³-hybridized carbons (Fsp3) is 0.417. The summed E-state index contributed by atoms with van der Waals surface area (Å²) in [4.78, 5) is 0. The summed E-state index contributed by atoms with van der Waals surface area (Å²) >= 11 is 6.18. The molecule has 1 aliphatic carbocycles. The lowest BCUT2D eigenvalue weighted by Crippen LogP contribution is -2.05. The van der Waals surface area contributed by atoms with Crippen molar-refractivity contribution >= 4 is 17.3 Å². The maximum atomic E-state index is 6.18. The Labute approximate surface area is 110 Å². The van der Waals surface area contributed by atoms with Crippen LogP contribution in [0.4, 0.5) is 5.69 Å². The summed E-state index contributed by atoms with van der Waals surface area (Å²) in [5, 5.41) is 12.4. The lowest BCUT2D eigenvalue weighted by Gasteiger charge is -2.06. The number of anilines is 1. The molecular weight excluding hydrogens is 250 g/mol. The molecule has 3 rings (SSSR count). The highest BCUT2D eigenvalue weighted by molar-refractivity contribution is 6.33. The molecule has 0 aliphatic heterocycles. The third-order valence-electron chi connectivity index (χ3n) is 3.45. The van der Waals surface area contributed by atoms with E-state index in [1.807, 2.05) is 4.68 Å². The van der Waals surface area contributed by atoms with Gasteiger partial charge in [0.05, 0.1) is 5.02 Å². The second-order valence-corrected chi connectivity index (χ2v) is 5.30. The molecule has 1 fully saturated rings. The van der Waals surface area contributed by atoms with Crippen molar-refractivity contribution < 1.29 is 0 Å². The second kappa shape index (κ2) is 4.24. The van der Waals surface area contributed by atoms with Crippen molar-refractivity contribution in [3.63, 3.8) is 0 Å². The number of hydrogen-bond donors (Lipinski definition) is 1. The van der Waals surface area contributed by atoms with Crippen molar-refractivity contribution in [3.8, 4) is 11.4 Å². The fourth-order valence-electron chi connectivity index (χ4n) is 2.11.